The Hall–Kier alpha value is -1.35. The Morgan fingerprint density at radius 2 is 2.00 bits per heavy atom. The minimum atomic E-state index is 0. The second-order valence-electron chi connectivity index (χ2n) is 8.32. The molecule has 0 amide bonds. The summed E-state index contributed by atoms with van der Waals surface area (Å²) < 4.78 is 2.14. The molecule has 0 aromatic carbocycles. The SMILES string of the molecule is CN=C(NCc1cn2c(C)cccc2n1)NC1CCCN(C2CCCCC2)C1.I. The normalized spacial score (nSPS) is 21.7. The predicted molar refractivity (Wildman–Crippen MR) is 130 cm³/mol. The zero-order valence-electron chi connectivity index (χ0n) is 17.7. The van der Waals surface area contributed by atoms with Crippen molar-refractivity contribution in [1.29, 1.82) is 0 Å². The van der Waals surface area contributed by atoms with Crippen molar-refractivity contribution in [2.75, 3.05) is 20.1 Å². The van der Waals surface area contributed by atoms with Crippen molar-refractivity contribution in [3.8, 4) is 0 Å². The van der Waals surface area contributed by atoms with E-state index in [0.29, 0.717) is 12.6 Å². The van der Waals surface area contributed by atoms with Crippen LogP contribution in [-0.2, 0) is 6.54 Å². The van der Waals surface area contributed by atoms with Crippen LogP contribution in [0.4, 0.5) is 0 Å². The van der Waals surface area contributed by atoms with Crippen molar-refractivity contribution >= 4 is 35.6 Å². The summed E-state index contributed by atoms with van der Waals surface area (Å²) in [6, 6.07) is 7.48. The smallest absolute Gasteiger partial charge is 0.191 e. The fourth-order valence-corrected chi connectivity index (χ4v) is 4.75. The number of fused-ring (bicyclic) bond motifs is 1. The van der Waals surface area contributed by atoms with Gasteiger partial charge < -0.3 is 15.0 Å². The number of pyridine rings is 1. The lowest BCUT2D eigenvalue weighted by molar-refractivity contribution is 0.115. The van der Waals surface area contributed by atoms with Crippen molar-refractivity contribution in [2.24, 2.45) is 4.99 Å². The molecule has 0 bridgehead atoms. The fraction of sp³-hybridized carbons (Fsp3) is 0.636. The van der Waals surface area contributed by atoms with Crippen LogP contribution in [0.25, 0.3) is 5.65 Å². The monoisotopic (exact) mass is 510 g/mol. The fourth-order valence-electron chi connectivity index (χ4n) is 4.75. The summed E-state index contributed by atoms with van der Waals surface area (Å²) in [4.78, 5) is 11.9. The number of piperidine rings is 1. The van der Waals surface area contributed by atoms with E-state index in [2.05, 4.69) is 50.2 Å². The van der Waals surface area contributed by atoms with Gasteiger partial charge >= 0.3 is 0 Å². The number of aromatic nitrogens is 2. The molecule has 2 aromatic rings. The number of aliphatic imine (C=N–C) groups is 1. The van der Waals surface area contributed by atoms with Crippen LogP contribution >= 0.6 is 24.0 Å². The van der Waals surface area contributed by atoms with E-state index in [1.54, 1.807) is 0 Å². The van der Waals surface area contributed by atoms with Gasteiger partial charge in [-0.25, -0.2) is 4.98 Å². The van der Waals surface area contributed by atoms with Gasteiger partial charge in [-0.2, -0.15) is 0 Å². The van der Waals surface area contributed by atoms with Gasteiger partial charge in [0.2, 0.25) is 0 Å². The van der Waals surface area contributed by atoms with Gasteiger partial charge in [0.05, 0.1) is 12.2 Å². The minimum absolute atomic E-state index is 0. The van der Waals surface area contributed by atoms with Crippen LogP contribution < -0.4 is 10.6 Å². The molecule has 1 unspecified atom stereocenters. The molecule has 1 saturated heterocycles. The van der Waals surface area contributed by atoms with Gasteiger partial charge in [0, 0.05) is 37.6 Å². The minimum Gasteiger partial charge on any atom is -0.352 e. The zero-order chi connectivity index (χ0) is 19.3. The van der Waals surface area contributed by atoms with E-state index in [1.165, 1.54) is 57.2 Å². The molecule has 1 atom stereocenters. The Balaban J connectivity index is 0.00000240. The Morgan fingerprint density at radius 1 is 1.17 bits per heavy atom. The topological polar surface area (TPSA) is 57.0 Å². The molecule has 160 valence electrons. The molecule has 2 aromatic heterocycles. The van der Waals surface area contributed by atoms with Crippen LogP contribution in [-0.4, -0.2) is 52.5 Å². The number of hydrogen-bond acceptors (Lipinski definition) is 3. The van der Waals surface area contributed by atoms with E-state index in [1.807, 2.05) is 13.1 Å². The average Bonchev–Trinajstić information content (AvgIpc) is 3.16. The molecule has 0 radical (unpaired) electrons. The Labute approximate surface area is 191 Å². The highest BCUT2D eigenvalue weighted by Gasteiger charge is 2.27. The third-order valence-electron chi connectivity index (χ3n) is 6.29. The van der Waals surface area contributed by atoms with E-state index in [0.717, 1.165) is 29.9 Å². The third-order valence-corrected chi connectivity index (χ3v) is 6.29. The molecular weight excluding hydrogens is 475 g/mol. The number of nitrogens with zero attached hydrogens (tertiary/aromatic N) is 4. The van der Waals surface area contributed by atoms with Crippen LogP contribution in [0.2, 0.25) is 0 Å². The van der Waals surface area contributed by atoms with Crippen LogP contribution in [0, 0.1) is 6.92 Å². The molecule has 3 heterocycles. The Morgan fingerprint density at radius 3 is 2.76 bits per heavy atom. The molecule has 0 spiro atoms. The summed E-state index contributed by atoms with van der Waals surface area (Å²) in [6.45, 7) is 5.18. The molecule has 2 N–H and O–H groups in total. The molecule has 2 fully saturated rings. The lowest BCUT2D eigenvalue weighted by Gasteiger charge is -2.40. The van der Waals surface area contributed by atoms with E-state index in [-0.39, 0.29) is 24.0 Å². The molecule has 4 rings (SSSR count). The summed E-state index contributed by atoms with van der Waals surface area (Å²) in [6.07, 6.45) is 11.6. The highest BCUT2D eigenvalue weighted by Crippen LogP contribution is 2.25. The maximum absolute atomic E-state index is 4.71. The second-order valence-corrected chi connectivity index (χ2v) is 8.32. The lowest BCUT2D eigenvalue weighted by Crippen LogP contribution is -2.53. The number of aryl methyl sites for hydroxylation is 1. The Bertz CT molecular complexity index is 811. The summed E-state index contributed by atoms with van der Waals surface area (Å²) in [5.74, 6) is 0.879. The van der Waals surface area contributed by atoms with Crippen molar-refractivity contribution in [3.63, 3.8) is 0 Å². The van der Waals surface area contributed by atoms with Gasteiger partial charge in [-0.3, -0.25) is 9.89 Å². The quantitative estimate of drug-likeness (QED) is 0.374. The van der Waals surface area contributed by atoms with Gasteiger partial charge in [0.15, 0.2) is 5.96 Å². The molecule has 2 aliphatic rings. The summed E-state index contributed by atoms with van der Waals surface area (Å²) >= 11 is 0. The molecule has 7 heteroatoms. The molecule has 1 saturated carbocycles. The van der Waals surface area contributed by atoms with Crippen LogP contribution in [0.5, 0.6) is 0 Å². The van der Waals surface area contributed by atoms with Crippen molar-refractivity contribution < 1.29 is 0 Å². The summed E-state index contributed by atoms with van der Waals surface area (Å²) in [5.41, 5.74) is 3.23. The number of nitrogens with one attached hydrogen (secondary N) is 2. The number of rotatable bonds is 4. The zero-order valence-corrected chi connectivity index (χ0v) is 20.1. The Kier molecular flexibility index (Phi) is 8.17. The maximum atomic E-state index is 4.71. The van der Waals surface area contributed by atoms with Gasteiger partial charge in [-0.05, 0) is 51.3 Å². The van der Waals surface area contributed by atoms with E-state index < -0.39 is 0 Å². The van der Waals surface area contributed by atoms with Crippen molar-refractivity contribution in [3.05, 3.63) is 35.8 Å². The van der Waals surface area contributed by atoms with Crippen LogP contribution in [0.3, 0.4) is 0 Å². The number of hydrogen-bond donors (Lipinski definition) is 2. The van der Waals surface area contributed by atoms with Gasteiger partial charge in [-0.15, -0.1) is 24.0 Å². The third kappa shape index (κ3) is 5.63. The molecule has 1 aliphatic carbocycles. The number of imidazole rings is 1. The predicted octanol–water partition coefficient (Wildman–Crippen LogP) is 3.72. The van der Waals surface area contributed by atoms with Crippen molar-refractivity contribution in [1.82, 2.24) is 24.9 Å². The van der Waals surface area contributed by atoms with Crippen LogP contribution in [0.1, 0.15) is 56.3 Å². The average molecular weight is 510 g/mol. The van der Waals surface area contributed by atoms with Gasteiger partial charge in [-0.1, -0.05) is 25.3 Å². The lowest BCUT2D eigenvalue weighted by atomic mass is 9.92. The second kappa shape index (κ2) is 10.6. The molecular formula is C22H35IN6. The first-order valence-electron chi connectivity index (χ1n) is 10.9. The van der Waals surface area contributed by atoms with Crippen molar-refractivity contribution in [2.45, 2.75) is 70.5 Å². The standard InChI is InChI=1S/C22H34N6.HI/c1-17-8-6-12-21-25-19(16-28(17)21)14-24-22(23-2)26-18-9-7-13-27(15-18)20-10-4-3-5-11-20;/h6,8,12,16,18,20H,3-5,7,9-11,13-15H2,1-2H3,(H2,23,24,26);1H. The highest BCUT2D eigenvalue weighted by molar-refractivity contribution is 14.0. The first-order chi connectivity index (χ1) is 13.7. The van der Waals surface area contributed by atoms with E-state index >= 15 is 0 Å². The van der Waals surface area contributed by atoms with Gasteiger partial charge in [0.25, 0.3) is 0 Å². The van der Waals surface area contributed by atoms with E-state index in [4.69, 9.17) is 4.98 Å². The summed E-state index contributed by atoms with van der Waals surface area (Å²) in [7, 11) is 1.85. The molecule has 1 aliphatic heterocycles. The number of halogens is 1. The van der Waals surface area contributed by atoms with Crippen LogP contribution in [0.15, 0.2) is 29.4 Å². The van der Waals surface area contributed by atoms with Gasteiger partial charge in [0.1, 0.15) is 5.65 Å². The number of likely N-dealkylation sites (tertiary alicyclic amines) is 1. The first kappa shape index (κ1) is 22.3. The number of guanidine groups is 1. The highest BCUT2D eigenvalue weighted by atomic mass is 127. The molecule has 6 nitrogen and oxygen atoms in total. The maximum Gasteiger partial charge on any atom is 0.191 e. The van der Waals surface area contributed by atoms with E-state index in [9.17, 15) is 0 Å². The first-order valence-corrected chi connectivity index (χ1v) is 10.9. The largest absolute Gasteiger partial charge is 0.352 e. The summed E-state index contributed by atoms with van der Waals surface area (Å²) in [5, 5.41) is 7.11. The molecule has 29 heavy (non-hydrogen) atoms.